The molecule has 1 amide bonds. The van der Waals surface area contributed by atoms with E-state index in [0.29, 0.717) is 19.3 Å². The Balaban J connectivity index is 2.35. The van der Waals surface area contributed by atoms with Gasteiger partial charge < -0.3 is 45.4 Å². The van der Waals surface area contributed by atoms with Crippen LogP contribution in [0.25, 0.3) is 0 Å². The molecule has 1 aliphatic rings. The Kier molecular flexibility index (Phi) is 40.5. The Morgan fingerprint density at radius 1 is 0.540 bits per heavy atom. The Bertz CT molecular complexity index is 1100. The number of allylic oxidation sites excluding steroid dienone is 5. The molecular formula is C53H99NO9. The van der Waals surface area contributed by atoms with Crippen LogP contribution in [-0.2, 0) is 14.3 Å². The van der Waals surface area contributed by atoms with E-state index < -0.39 is 61.5 Å². The maximum atomic E-state index is 13.1. The number of ether oxygens (including phenoxy) is 2. The number of rotatable bonds is 44. The van der Waals surface area contributed by atoms with Gasteiger partial charge in [-0.3, -0.25) is 4.79 Å². The first-order valence-electron chi connectivity index (χ1n) is 26.3. The second-order valence-corrected chi connectivity index (χ2v) is 18.4. The van der Waals surface area contributed by atoms with Gasteiger partial charge in [0.25, 0.3) is 0 Å². The van der Waals surface area contributed by atoms with Crippen molar-refractivity contribution >= 4 is 5.91 Å². The van der Waals surface area contributed by atoms with Gasteiger partial charge in [-0.25, -0.2) is 0 Å². The highest BCUT2D eigenvalue weighted by Crippen LogP contribution is 2.23. The van der Waals surface area contributed by atoms with Gasteiger partial charge in [-0.05, 0) is 44.9 Å². The van der Waals surface area contributed by atoms with Crippen LogP contribution < -0.4 is 5.32 Å². The first-order valence-corrected chi connectivity index (χ1v) is 26.3. The fourth-order valence-corrected chi connectivity index (χ4v) is 8.25. The van der Waals surface area contributed by atoms with Crippen LogP contribution in [0.5, 0.6) is 0 Å². The van der Waals surface area contributed by atoms with E-state index in [2.05, 4.69) is 43.5 Å². The molecule has 8 atom stereocenters. The van der Waals surface area contributed by atoms with Crippen molar-refractivity contribution in [2.45, 2.75) is 281 Å². The van der Waals surface area contributed by atoms with Gasteiger partial charge in [-0.1, -0.05) is 224 Å². The van der Waals surface area contributed by atoms with Gasteiger partial charge in [0.1, 0.15) is 30.5 Å². The van der Waals surface area contributed by atoms with Crippen LogP contribution >= 0.6 is 0 Å². The van der Waals surface area contributed by atoms with Gasteiger partial charge in [-0.15, -0.1) is 0 Å². The molecule has 0 saturated carbocycles. The average Bonchev–Trinajstić information content (AvgIpc) is 3.28. The van der Waals surface area contributed by atoms with Gasteiger partial charge >= 0.3 is 0 Å². The summed E-state index contributed by atoms with van der Waals surface area (Å²) >= 11 is 0. The lowest BCUT2D eigenvalue weighted by Gasteiger charge is -2.40. The van der Waals surface area contributed by atoms with E-state index in [1.807, 2.05) is 6.08 Å². The van der Waals surface area contributed by atoms with E-state index in [1.54, 1.807) is 6.08 Å². The van der Waals surface area contributed by atoms with E-state index in [9.17, 15) is 35.4 Å². The summed E-state index contributed by atoms with van der Waals surface area (Å²) in [6, 6.07) is -1.00. The predicted molar refractivity (Wildman–Crippen MR) is 259 cm³/mol. The molecule has 10 nitrogen and oxygen atoms in total. The van der Waals surface area contributed by atoms with Crippen LogP contribution in [0.15, 0.2) is 36.5 Å². The maximum Gasteiger partial charge on any atom is 0.249 e. The van der Waals surface area contributed by atoms with Crippen LogP contribution in [0.1, 0.15) is 232 Å². The van der Waals surface area contributed by atoms with Crippen LogP contribution in [0.3, 0.4) is 0 Å². The third-order valence-electron chi connectivity index (χ3n) is 12.6. The zero-order valence-corrected chi connectivity index (χ0v) is 40.4. The van der Waals surface area contributed by atoms with Crippen molar-refractivity contribution < 1.29 is 44.9 Å². The summed E-state index contributed by atoms with van der Waals surface area (Å²) < 4.78 is 11.2. The molecule has 0 aromatic carbocycles. The molecule has 1 rings (SSSR count). The van der Waals surface area contributed by atoms with Crippen molar-refractivity contribution in [3.8, 4) is 0 Å². The van der Waals surface area contributed by atoms with Crippen LogP contribution in [0, 0.1) is 0 Å². The summed E-state index contributed by atoms with van der Waals surface area (Å²) in [5, 5.41) is 64.8. The summed E-state index contributed by atoms with van der Waals surface area (Å²) in [5.74, 6) is -0.627. The first-order chi connectivity index (χ1) is 30.8. The van der Waals surface area contributed by atoms with E-state index in [-0.39, 0.29) is 6.61 Å². The molecule has 0 aromatic heterocycles. The molecule has 0 aliphatic carbocycles. The van der Waals surface area contributed by atoms with Gasteiger partial charge in [0.05, 0.1) is 25.4 Å². The summed E-state index contributed by atoms with van der Waals surface area (Å²) in [5.41, 5.74) is 0. The zero-order valence-electron chi connectivity index (χ0n) is 40.4. The Labute approximate surface area is 385 Å². The van der Waals surface area contributed by atoms with Crippen molar-refractivity contribution in [3.05, 3.63) is 36.5 Å². The number of amides is 1. The number of aliphatic hydroxyl groups is 6. The molecule has 0 aromatic rings. The summed E-state index contributed by atoms with van der Waals surface area (Å²) in [6.07, 6.45) is 43.8. The third-order valence-corrected chi connectivity index (χ3v) is 12.6. The van der Waals surface area contributed by atoms with Gasteiger partial charge in [0, 0.05) is 0 Å². The monoisotopic (exact) mass is 894 g/mol. The zero-order chi connectivity index (χ0) is 46.0. The van der Waals surface area contributed by atoms with E-state index in [1.165, 1.54) is 154 Å². The molecule has 63 heavy (non-hydrogen) atoms. The molecule has 1 heterocycles. The lowest BCUT2D eigenvalue weighted by atomic mass is 9.99. The number of aliphatic hydroxyl groups excluding tert-OH is 6. The lowest BCUT2D eigenvalue weighted by Crippen LogP contribution is -2.60. The topological polar surface area (TPSA) is 169 Å². The standard InChI is InChI=1S/C53H99NO9/c1-3-5-7-9-11-13-15-17-19-21-22-23-24-26-28-30-32-34-36-38-40-42-47(57)52(61)54-45(44-62-53-51(60)50(59)49(58)48(43-55)63-53)46(56)41-39-37-35-33-31-29-27-25-20-18-16-14-12-10-8-6-4-2/h20,25,31,33,39,41,45-51,53,55-60H,3-19,21-24,26-30,32,34-38,40,42-44H2,1-2H3,(H,54,61)/b25-20+,33-31+,41-39+. The van der Waals surface area contributed by atoms with Crippen LogP contribution in [-0.4, -0.2) is 98.7 Å². The maximum absolute atomic E-state index is 13.1. The molecule has 1 aliphatic heterocycles. The molecular weight excluding hydrogens is 795 g/mol. The van der Waals surface area contributed by atoms with Crippen molar-refractivity contribution in [1.29, 1.82) is 0 Å². The number of hydrogen-bond acceptors (Lipinski definition) is 9. The molecule has 0 spiro atoms. The number of hydrogen-bond donors (Lipinski definition) is 7. The highest BCUT2D eigenvalue weighted by Gasteiger charge is 2.44. The van der Waals surface area contributed by atoms with Crippen LogP contribution in [0.2, 0.25) is 0 Å². The fraction of sp³-hybridized carbons (Fsp3) is 0.868. The highest BCUT2D eigenvalue weighted by molar-refractivity contribution is 5.80. The van der Waals surface area contributed by atoms with Gasteiger partial charge in [0.15, 0.2) is 6.29 Å². The van der Waals surface area contributed by atoms with E-state index >= 15 is 0 Å². The summed E-state index contributed by atoms with van der Waals surface area (Å²) in [7, 11) is 0. The smallest absolute Gasteiger partial charge is 0.249 e. The molecule has 0 bridgehead atoms. The average molecular weight is 894 g/mol. The Morgan fingerprint density at radius 3 is 1.38 bits per heavy atom. The van der Waals surface area contributed by atoms with Crippen molar-refractivity contribution in [1.82, 2.24) is 5.32 Å². The van der Waals surface area contributed by atoms with E-state index in [0.717, 1.165) is 44.9 Å². The summed E-state index contributed by atoms with van der Waals surface area (Å²) in [6.45, 7) is 3.60. The second-order valence-electron chi connectivity index (χ2n) is 18.4. The highest BCUT2D eigenvalue weighted by atomic mass is 16.7. The van der Waals surface area contributed by atoms with E-state index in [4.69, 9.17) is 9.47 Å². The number of carbonyl (C=O) groups excluding carboxylic acids is 1. The molecule has 7 N–H and O–H groups in total. The van der Waals surface area contributed by atoms with Gasteiger partial charge in [0.2, 0.25) is 5.91 Å². The minimum absolute atomic E-state index is 0.304. The minimum Gasteiger partial charge on any atom is -0.394 e. The number of nitrogens with one attached hydrogen (secondary N) is 1. The fourth-order valence-electron chi connectivity index (χ4n) is 8.25. The number of carbonyl (C=O) groups is 1. The van der Waals surface area contributed by atoms with Crippen molar-refractivity contribution in [2.24, 2.45) is 0 Å². The molecule has 8 unspecified atom stereocenters. The first kappa shape index (κ1) is 59.4. The SMILES string of the molecule is CCCCCCCCC/C=C/CC/C=C/CC/C=C/C(O)C(COC1OC(CO)C(O)C(O)C1O)NC(=O)C(O)CCCCCCCCCCCCCCCCCCCCCCC. The third kappa shape index (κ3) is 32.7. The Hall–Kier alpha value is -1.63. The second kappa shape index (κ2) is 43.0. The summed E-state index contributed by atoms with van der Waals surface area (Å²) in [4.78, 5) is 13.1. The van der Waals surface area contributed by atoms with Crippen molar-refractivity contribution in [2.75, 3.05) is 13.2 Å². The number of unbranched alkanes of at least 4 members (excludes halogenated alkanes) is 29. The molecule has 1 saturated heterocycles. The van der Waals surface area contributed by atoms with Gasteiger partial charge in [-0.2, -0.15) is 0 Å². The normalized spacial score (nSPS) is 20.9. The molecule has 0 radical (unpaired) electrons. The quantitative estimate of drug-likeness (QED) is 0.0232. The molecule has 10 heteroatoms. The van der Waals surface area contributed by atoms with Crippen molar-refractivity contribution in [3.63, 3.8) is 0 Å². The minimum atomic E-state index is -1.62. The predicted octanol–water partition coefficient (Wildman–Crippen LogP) is 11.0. The Morgan fingerprint density at radius 2 is 0.937 bits per heavy atom. The molecule has 370 valence electrons. The van der Waals surface area contributed by atoms with Crippen LogP contribution in [0.4, 0.5) is 0 Å². The lowest BCUT2D eigenvalue weighted by molar-refractivity contribution is -0.302. The molecule has 1 fully saturated rings. The largest absolute Gasteiger partial charge is 0.394 e.